The van der Waals surface area contributed by atoms with Crippen LogP contribution in [-0.2, 0) is 19.7 Å². The quantitative estimate of drug-likeness (QED) is 0.593. The van der Waals surface area contributed by atoms with Crippen LogP contribution in [0, 0.1) is 5.92 Å². The molecule has 1 aliphatic heterocycles. The number of likely N-dealkylation sites (tertiary alicyclic amines) is 1. The average Bonchev–Trinajstić information content (AvgIpc) is 2.45. The summed E-state index contributed by atoms with van der Waals surface area (Å²) < 4.78 is 10.8. The molecular weight excluding hydrogens is 306 g/mol. The molecule has 132 valence electrons. The van der Waals surface area contributed by atoms with Crippen LogP contribution in [0.2, 0.25) is 0 Å². The van der Waals surface area contributed by atoms with Gasteiger partial charge >= 0.3 is 5.97 Å². The van der Waals surface area contributed by atoms with Gasteiger partial charge in [-0.1, -0.05) is 39.0 Å². The molecule has 1 amide bonds. The number of para-hydroxylation sites is 1. The number of hydrogen-bond acceptors (Lipinski definition) is 4. The molecule has 1 heterocycles. The minimum absolute atomic E-state index is 0.0256. The van der Waals surface area contributed by atoms with E-state index in [0.717, 1.165) is 5.75 Å². The van der Waals surface area contributed by atoms with Crippen molar-refractivity contribution in [2.24, 2.45) is 5.92 Å². The first-order chi connectivity index (χ1) is 11.3. The average molecular weight is 333 g/mol. The Balaban J connectivity index is 1.79. The first kappa shape index (κ1) is 18.3. The highest BCUT2D eigenvalue weighted by Gasteiger charge is 2.32. The molecule has 5 heteroatoms. The summed E-state index contributed by atoms with van der Waals surface area (Å²) in [5.74, 6) is 0.589. The second kappa shape index (κ2) is 7.69. The van der Waals surface area contributed by atoms with Crippen LogP contribution in [0.1, 0.15) is 39.7 Å². The predicted octanol–water partition coefficient (Wildman–Crippen LogP) is 2.77. The number of carbonyl (C=O) groups is 2. The molecule has 2 rings (SSSR count). The fourth-order valence-electron chi connectivity index (χ4n) is 2.75. The van der Waals surface area contributed by atoms with Crippen LogP contribution in [0.4, 0.5) is 0 Å². The van der Waals surface area contributed by atoms with Crippen molar-refractivity contribution in [3.05, 3.63) is 29.8 Å². The van der Waals surface area contributed by atoms with Crippen LogP contribution in [0.25, 0.3) is 0 Å². The summed E-state index contributed by atoms with van der Waals surface area (Å²) in [7, 11) is 0. The highest BCUT2D eigenvalue weighted by molar-refractivity contribution is 5.94. The van der Waals surface area contributed by atoms with Crippen LogP contribution in [0.5, 0.6) is 5.75 Å². The van der Waals surface area contributed by atoms with Crippen molar-refractivity contribution in [2.75, 3.05) is 26.3 Å². The van der Waals surface area contributed by atoms with E-state index >= 15 is 0 Å². The van der Waals surface area contributed by atoms with Gasteiger partial charge in [-0.3, -0.25) is 9.59 Å². The summed E-state index contributed by atoms with van der Waals surface area (Å²) in [4.78, 5) is 24.9. The van der Waals surface area contributed by atoms with Gasteiger partial charge in [-0.25, -0.2) is 0 Å². The summed E-state index contributed by atoms with van der Waals surface area (Å²) in [5.41, 5.74) is 1.21. The molecule has 1 aliphatic rings. The molecule has 0 N–H and O–H groups in total. The van der Waals surface area contributed by atoms with Gasteiger partial charge < -0.3 is 14.4 Å². The molecule has 1 fully saturated rings. The van der Waals surface area contributed by atoms with E-state index in [1.165, 1.54) is 5.56 Å². The summed E-state index contributed by atoms with van der Waals surface area (Å²) in [6, 6.07) is 8.07. The molecule has 24 heavy (non-hydrogen) atoms. The number of nitrogens with zero attached hydrogens (tertiary/aromatic N) is 1. The van der Waals surface area contributed by atoms with Gasteiger partial charge in [0.05, 0.1) is 13.2 Å². The molecule has 5 nitrogen and oxygen atoms in total. The number of benzene rings is 1. The monoisotopic (exact) mass is 333 g/mol. The maximum absolute atomic E-state index is 11.9. The molecule has 0 saturated carbocycles. The number of hydrogen-bond donors (Lipinski definition) is 0. The van der Waals surface area contributed by atoms with Gasteiger partial charge in [-0.05, 0) is 24.0 Å². The molecule has 0 aliphatic carbocycles. The minimum atomic E-state index is -0.457. The second-order valence-electron chi connectivity index (χ2n) is 7.20. The van der Waals surface area contributed by atoms with Crippen molar-refractivity contribution in [3.8, 4) is 5.75 Å². The number of rotatable bonds is 6. The van der Waals surface area contributed by atoms with Crippen molar-refractivity contribution in [1.29, 1.82) is 0 Å². The highest BCUT2D eigenvalue weighted by Crippen LogP contribution is 2.31. The minimum Gasteiger partial charge on any atom is -0.493 e. The molecule has 0 radical (unpaired) electrons. The molecule has 1 aromatic rings. The third kappa shape index (κ3) is 4.73. The van der Waals surface area contributed by atoms with E-state index in [0.29, 0.717) is 32.2 Å². The molecule has 0 spiro atoms. The van der Waals surface area contributed by atoms with E-state index in [1.54, 1.807) is 11.8 Å². The van der Waals surface area contributed by atoms with E-state index in [-0.39, 0.29) is 17.7 Å². The highest BCUT2D eigenvalue weighted by atomic mass is 16.5. The van der Waals surface area contributed by atoms with Gasteiger partial charge in [0.1, 0.15) is 12.2 Å². The second-order valence-corrected chi connectivity index (χ2v) is 7.20. The summed E-state index contributed by atoms with van der Waals surface area (Å²) >= 11 is 0. The van der Waals surface area contributed by atoms with Gasteiger partial charge in [-0.2, -0.15) is 0 Å². The Morgan fingerprint density at radius 2 is 1.88 bits per heavy atom. The van der Waals surface area contributed by atoms with Gasteiger partial charge in [0.2, 0.25) is 5.91 Å². The maximum Gasteiger partial charge on any atom is 0.315 e. The van der Waals surface area contributed by atoms with Crippen molar-refractivity contribution < 1.29 is 19.1 Å². The van der Waals surface area contributed by atoms with Crippen LogP contribution < -0.4 is 4.74 Å². The smallest absolute Gasteiger partial charge is 0.315 e. The Bertz CT molecular complexity index is 585. The van der Waals surface area contributed by atoms with E-state index in [1.807, 2.05) is 18.2 Å². The molecule has 0 aromatic heterocycles. The largest absolute Gasteiger partial charge is 0.493 e. The topological polar surface area (TPSA) is 55.8 Å². The van der Waals surface area contributed by atoms with Crippen molar-refractivity contribution >= 4 is 11.9 Å². The van der Waals surface area contributed by atoms with Crippen LogP contribution >= 0.6 is 0 Å². The van der Waals surface area contributed by atoms with Gasteiger partial charge in [0.15, 0.2) is 0 Å². The number of esters is 1. The van der Waals surface area contributed by atoms with Crippen LogP contribution in [0.3, 0.4) is 0 Å². The first-order valence-electron chi connectivity index (χ1n) is 8.47. The lowest BCUT2D eigenvalue weighted by molar-refractivity contribution is -0.151. The normalized spacial score (nSPS) is 14.9. The lowest BCUT2D eigenvalue weighted by Crippen LogP contribution is -2.52. The number of amides is 1. The van der Waals surface area contributed by atoms with E-state index < -0.39 is 5.97 Å². The molecule has 0 unspecified atom stereocenters. The Morgan fingerprint density at radius 3 is 2.50 bits per heavy atom. The predicted molar refractivity (Wildman–Crippen MR) is 92.0 cm³/mol. The van der Waals surface area contributed by atoms with E-state index in [9.17, 15) is 9.59 Å². The number of carbonyl (C=O) groups excluding carboxylic acids is 2. The standard InChI is InChI=1S/C19H27NO4/c1-5-23-18(22)10-17(21)20-11-14(12-20)13-24-16-9-7-6-8-15(16)19(2,3)4/h6-9,14H,5,10-13H2,1-4H3. The summed E-state index contributed by atoms with van der Waals surface area (Å²) in [6.07, 6.45) is -0.172. The zero-order valence-corrected chi connectivity index (χ0v) is 15.0. The van der Waals surface area contributed by atoms with Crippen molar-refractivity contribution in [2.45, 2.75) is 39.5 Å². The molecule has 0 bridgehead atoms. The van der Waals surface area contributed by atoms with Gasteiger partial charge in [0.25, 0.3) is 0 Å². The Kier molecular flexibility index (Phi) is 5.86. The number of ether oxygens (including phenoxy) is 2. The van der Waals surface area contributed by atoms with Gasteiger partial charge in [0, 0.05) is 19.0 Å². The lowest BCUT2D eigenvalue weighted by atomic mass is 9.86. The lowest BCUT2D eigenvalue weighted by Gasteiger charge is -2.39. The van der Waals surface area contributed by atoms with Crippen LogP contribution in [0.15, 0.2) is 24.3 Å². The first-order valence-corrected chi connectivity index (χ1v) is 8.47. The fourth-order valence-corrected chi connectivity index (χ4v) is 2.75. The zero-order chi connectivity index (χ0) is 17.7. The van der Waals surface area contributed by atoms with Gasteiger partial charge in [-0.15, -0.1) is 0 Å². The summed E-state index contributed by atoms with van der Waals surface area (Å²) in [5, 5.41) is 0. The molecule has 1 aromatic carbocycles. The maximum atomic E-state index is 11.9. The van der Waals surface area contributed by atoms with Crippen molar-refractivity contribution in [3.63, 3.8) is 0 Å². The molecular formula is C19H27NO4. The summed E-state index contributed by atoms with van der Waals surface area (Å²) in [6.45, 7) is 10.4. The van der Waals surface area contributed by atoms with E-state index in [4.69, 9.17) is 9.47 Å². The van der Waals surface area contributed by atoms with E-state index in [2.05, 4.69) is 26.8 Å². The molecule has 0 atom stereocenters. The Hall–Kier alpha value is -2.04. The Labute approximate surface area is 143 Å². The third-order valence-corrected chi connectivity index (χ3v) is 4.08. The fraction of sp³-hybridized carbons (Fsp3) is 0.579. The Morgan fingerprint density at radius 1 is 1.21 bits per heavy atom. The van der Waals surface area contributed by atoms with Crippen LogP contribution in [-0.4, -0.2) is 43.1 Å². The zero-order valence-electron chi connectivity index (χ0n) is 15.0. The third-order valence-electron chi connectivity index (χ3n) is 4.08. The van der Waals surface area contributed by atoms with Crippen molar-refractivity contribution in [1.82, 2.24) is 4.90 Å². The molecule has 1 saturated heterocycles. The SMILES string of the molecule is CCOC(=O)CC(=O)N1CC(COc2ccccc2C(C)(C)C)C1.